The van der Waals surface area contributed by atoms with Crippen LogP contribution in [0.2, 0.25) is 0 Å². The Morgan fingerprint density at radius 2 is 2.00 bits per heavy atom. The Morgan fingerprint density at radius 1 is 1.33 bits per heavy atom. The molecule has 1 aromatic carbocycles. The molecule has 0 spiro atoms. The molecule has 0 saturated carbocycles. The van der Waals surface area contributed by atoms with E-state index in [9.17, 15) is 0 Å². The molecule has 3 heteroatoms. The van der Waals surface area contributed by atoms with Gasteiger partial charge in [0.2, 0.25) is 0 Å². The monoisotopic (exact) mass is 312 g/mol. The van der Waals surface area contributed by atoms with Crippen molar-refractivity contribution in [2.75, 3.05) is 11.9 Å². The molecule has 0 aromatic heterocycles. The number of nitrogens with two attached hydrogens (primary N) is 1. The summed E-state index contributed by atoms with van der Waals surface area (Å²) in [6.45, 7) is 6.57. The van der Waals surface area contributed by atoms with Crippen molar-refractivity contribution in [1.82, 2.24) is 0 Å². The van der Waals surface area contributed by atoms with Gasteiger partial charge in [-0.25, -0.2) is 0 Å². The molecule has 0 amide bonds. The van der Waals surface area contributed by atoms with Gasteiger partial charge in [-0.05, 0) is 50.5 Å². The first-order valence-electron chi connectivity index (χ1n) is 6.72. The van der Waals surface area contributed by atoms with Crippen LogP contribution in [-0.4, -0.2) is 19.1 Å². The first-order chi connectivity index (χ1) is 8.45. The number of benzene rings is 1. The maximum absolute atomic E-state index is 5.94. The smallest absolute Gasteiger partial charge is 0.0399 e. The summed E-state index contributed by atoms with van der Waals surface area (Å²) in [7, 11) is 2.17. The van der Waals surface area contributed by atoms with Crippen LogP contribution in [-0.2, 0) is 6.42 Å². The molecule has 102 valence electrons. The summed E-state index contributed by atoms with van der Waals surface area (Å²) in [5, 5.41) is 0. The van der Waals surface area contributed by atoms with Gasteiger partial charge in [0.25, 0.3) is 0 Å². The maximum Gasteiger partial charge on any atom is 0.0399 e. The van der Waals surface area contributed by atoms with E-state index in [1.807, 2.05) is 0 Å². The summed E-state index contributed by atoms with van der Waals surface area (Å²) in [5.74, 6) is 0. The second-order valence-electron chi connectivity index (χ2n) is 5.20. The molecule has 2 nitrogen and oxygen atoms in total. The molecule has 2 atom stereocenters. The number of hydrogen-bond donors (Lipinski definition) is 1. The van der Waals surface area contributed by atoms with Crippen molar-refractivity contribution >= 4 is 21.6 Å². The van der Waals surface area contributed by atoms with E-state index in [1.165, 1.54) is 24.1 Å². The van der Waals surface area contributed by atoms with E-state index in [0.717, 1.165) is 10.9 Å². The van der Waals surface area contributed by atoms with Gasteiger partial charge in [0.15, 0.2) is 0 Å². The molecule has 2 unspecified atom stereocenters. The summed E-state index contributed by atoms with van der Waals surface area (Å²) in [4.78, 5) is 2.37. The van der Waals surface area contributed by atoms with Crippen LogP contribution >= 0.6 is 15.9 Å². The van der Waals surface area contributed by atoms with E-state index < -0.39 is 0 Å². The van der Waals surface area contributed by atoms with Crippen molar-refractivity contribution in [2.24, 2.45) is 5.73 Å². The number of halogens is 1. The quantitative estimate of drug-likeness (QED) is 0.861. The molecule has 0 radical (unpaired) electrons. The zero-order valence-electron chi connectivity index (χ0n) is 11.9. The van der Waals surface area contributed by atoms with Crippen LogP contribution in [0.3, 0.4) is 0 Å². The Kier molecular flexibility index (Phi) is 6.16. The van der Waals surface area contributed by atoms with Crippen LogP contribution in [0, 0.1) is 0 Å². The first-order valence-corrected chi connectivity index (χ1v) is 7.51. The first kappa shape index (κ1) is 15.5. The molecule has 1 rings (SSSR count). The highest BCUT2D eigenvalue weighted by molar-refractivity contribution is 9.10. The highest BCUT2D eigenvalue weighted by atomic mass is 79.9. The highest BCUT2D eigenvalue weighted by Crippen LogP contribution is 2.27. The second kappa shape index (κ2) is 7.15. The molecule has 0 aliphatic heterocycles. The Morgan fingerprint density at radius 3 is 2.56 bits per heavy atom. The molecule has 0 bridgehead atoms. The molecular weight excluding hydrogens is 288 g/mol. The van der Waals surface area contributed by atoms with Crippen LogP contribution in [0.25, 0.3) is 0 Å². The highest BCUT2D eigenvalue weighted by Gasteiger charge is 2.14. The predicted octanol–water partition coefficient (Wildman–Crippen LogP) is 3.96. The lowest BCUT2D eigenvalue weighted by Crippen LogP contribution is -2.30. The lowest BCUT2D eigenvalue weighted by atomic mass is 10.0. The van der Waals surface area contributed by atoms with Crippen molar-refractivity contribution < 1.29 is 0 Å². The largest absolute Gasteiger partial charge is 0.372 e. The van der Waals surface area contributed by atoms with E-state index in [1.54, 1.807) is 0 Å². The minimum atomic E-state index is 0.188. The van der Waals surface area contributed by atoms with E-state index in [0.29, 0.717) is 6.04 Å². The third kappa shape index (κ3) is 4.29. The number of nitrogens with zero attached hydrogens (tertiary/aromatic N) is 1. The molecule has 2 N–H and O–H groups in total. The Hall–Kier alpha value is -0.540. The predicted molar refractivity (Wildman–Crippen MR) is 84.3 cm³/mol. The number of rotatable bonds is 6. The fourth-order valence-electron chi connectivity index (χ4n) is 2.26. The molecule has 18 heavy (non-hydrogen) atoms. The van der Waals surface area contributed by atoms with Crippen molar-refractivity contribution in [3.8, 4) is 0 Å². The zero-order valence-corrected chi connectivity index (χ0v) is 13.5. The lowest BCUT2D eigenvalue weighted by molar-refractivity contribution is 0.612. The van der Waals surface area contributed by atoms with Gasteiger partial charge < -0.3 is 10.6 Å². The van der Waals surface area contributed by atoms with Crippen molar-refractivity contribution in [3.63, 3.8) is 0 Å². The zero-order chi connectivity index (χ0) is 13.7. The fourth-order valence-corrected chi connectivity index (χ4v) is 2.67. The van der Waals surface area contributed by atoms with Crippen molar-refractivity contribution in [3.05, 3.63) is 28.2 Å². The Balaban J connectivity index is 2.99. The van der Waals surface area contributed by atoms with Crippen molar-refractivity contribution in [2.45, 2.75) is 52.1 Å². The summed E-state index contributed by atoms with van der Waals surface area (Å²) in [5.41, 5.74) is 8.57. The van der Waals surface area contributed by atoms with Gasteiger partial charge >= 0.3 is 0 Å². The van der Waals surface area contributed by atoms with Gasteiger partial charge in [-0.2, -0.15) is 0 Å². The van der Waals surface area contributed by atoms with E-state index in [4.69, 9.17) is 5.73 Å². The Labute approximate surface area is 120 Å². The average molecular weight is 313 g/mol. The normalized spacial score (nSPS) is 14.3. The van der Waals surface area contributed by atoms with Crippen molar-refractivity contribution in [1.29, 1.82) is 0 Å². The molecule has 1 aromatic rings. The van der Waals surface area contributed by atoms with E-state index in [2.05, 4.69) is 66.8 Å². The van der Waals surface area contributed by atoms with E-state index >= 15 is 0 Å². The van der Waals surface area contributed by atoms with Crippen LogP contribution in [0.15, 0.2) is 22.7 Å². The standard InChI is InChI=1S/C15H25BrN2/c1-5-6-12(3)18(4)15-8-7-14(16)10-13(15)9-11(2)17/h7-8,10-12H,5-6,9,17H2,1-4H3. The summed E-state index contributed by atoms with van der Waals surface area (Å²) in [6.07, 6.45) is 3.34. The topological polar surface area (TPSA) is 29.3 Å². The third-order valence-electron chi connectivity index (χ3n) is 3.33. The number of hydrogen-bond acceptors (Lipinski definition) is 2. The van der Waals surface area contributed by atoms with Crippen LogP contribution in [0.5, 0.6) is 0 Å². The fraction of sp³-hybridized carbons (Fsp3) is 0.600. The molecule has 0 saturated heterocycles. The van der Waals surface area contributed by atoms with Crippen LogP contribution in [0.4, 0.5) is 5.69 Å². The second-order valence-corrected chi connectivity index (χ2v) is 6.12. The lowest BCUT2D eigenvalue weighted by Gasteiger charge is -2.29. The minimum Gasteiger partial charge on any atom is -0.372 e. The average Bonchev–Trinajstić information content (AvgIpc) is 2.28. The van der Waals surface area contributed by atoms with E-state index in [-0.39, 0.29) is 6.04 Å². The summed E-state index contributed by atoms with van der Waals surface area (Å²) < 4.78 is 1.12. The molecule has 0 heterocycles. The summed E-state index contributed by atoms with van der Waals surface area (Å²) >= 11 is 3.54. The Bertz CT molecular complexity index is 377. The third-order valence-corrected chi connectivity index (χ3v) is 3.82. The SMILES string of the molecule is CCCC(C)N(C)c1ccc(Br)cc1CC(C)N. The number of anilines is 1. The van der Waals surface area contributed by atoms with Crippen LogP contribution < -0.4 is 10.6 Å². The molecule has 0 aliphatic carbocycles. The van der Waals surface area contributed by atoms with Gasteiger partial charge in [-0.3, -0.25) is 0 Å². The van der Waals surface area contributed by atoms with Gasteiger partial charge in [-0.1, -0.05) is 29.3 Å². The van der Waals surface area contributed by atoms with Gasteiger partial charge in [-0.15, -0.1) is 0 Å². The van der Waals surface area contributed by atoms with Gasteiger partial charge in [0, 0.05) is 29.3 Å². The van der Waals surface area contributed by atoms with Gasteiger partial charge in [0.1, 0.15) is 0 Å². The molecular formula is C15H25BrN2. The minimum absolute atomic E-state index is 0.188. The summed E-state index contributed by atoms with van der Waals surface area (Å²) in [6, 6.07) is 7.23. The van der Waals surface area contributed by atoms with Gasteiger partial charge in [0.05, 0.1) is 0 Å². The van der Waals surface area contributed by atoms with Crippen LogP contribution in [0.1, 0.15) is 39.2 Å². The maximum atomic E-state index is 5.94. The molecule has 0 fully saturated rings. The molecule has 0 aliphatic rings.